The van der Waals surface area contributed by atoms with E-state index in [1.807, 2.05) is 54.6 Å². The quantitative estimate of drug-likeness (QED) is 0.236. The summed E-state index contributed by atoms with van der Waals surface area (Å²) in [6, 6.07) is 28.4. The van der Waals surface area contributed by atoms with Crippen LogP contribution >= 0.6 is 8.25 Å². The molecular formula is C22H20NO3P. The summed E-state index contributed by atoms with van der Waals surface area (Å²) in [5.74, 6) is 0. The van der Waals surface area contributed by atoms with Crippen molar-refractivity contribution in [3.05, 3.63) is 90.5 Å². The number of hydrogen-bond donors (Lipinski definition) is 0. The van der Waals surface area contributed by atoms with Crippen molar-refractivity contribution in [2.24, 2.45) is 0 Å². The molecule has 4 aromatic rings. The van der Waals surface area contributed by atoms with Crippen LogP contribution in [0.15, 0.2) is 84.9 Å². The number of hydroxylamine groups is 1. The van der Waals surface area contributed by atoms with E-state index in [1.54, 1.807) is 5.06 Å². The molecule has 4 rings (SSSR count). The van der Waals surface area contributed by atoms with Crippen LogP contribution < -0.4 is 5.06 Å². The summed E-state index contributed by atoms with van der Waals surface area (Å²) in [6.45, 7) is 0.457. The molecule has 0 aromatic heterocycles. The zero-order chi connectivity index (χ0) is 18.6. The van der Waals surface area contributed by atoms with E-state index in [0.29, 0.717) is 6.54 Å². The minimum atomic E-state index is -2.65. The SMILES string of the molecule is CO[PH](=O)ON(Cc1ccccc1)c1c2ccccc2cc2ccccc12. The first kappa shape index (κ1) is 17.7. The smallest absolute Gasteiger partial charge is 0.313 e. The molecule has 1 unspecified atom stereocenters. The highest BCUT2D eigenvalue weighted by molar-refractivity contribution is 7.33. The van der Waals surface area contributed by atoms with Gasteiger partial charge < -0.3 is 4.52 Å². The lowest BCUT2D eigenvalue weighted by Gasteiger charge is -2.26. The molecular weight excluding hydrogens is 357 g/mol. The Morgan fingerprint density at radius 2 is 1.37 bits per heavy atom. The molecule has 0 spiro atoms. The Labute approximate surface area is 158 Å². The molecule has 4 aromatic carbocycles. The summed E-state index contributed by atoms with van der Waals surface area (Å²) in [7, 11) is -1.26. The van der Waals surface area contributed by atoms with Gasteiger partial charge in [-0.25, -0.2) is 5.06 Å². The van der Waals surface area contributed by atoms with Gasteiger partial charge in [0.2, 0.25) is 0 Å². The maximum atomic E-state index is 12.2. The highest BCUT2D eigenvalue weighted by Gasteiger charge is 2.18. The van der Waals surface area contributed by atoms with Crippen LogP contribution in [-0.4, -0.2) is 7.11 Å². The average molecular weight is 377 g/mol. The number of fused-ring (bicyclic) bond motifs is 2. The highest BCUT2D eigenvalue weighted by Crippen LogP contribution is 2.39. The Kier molecular flexibility index (Phi) is 5.21. The molecule has 0 fully saturated rings. The Morgan fingerprint density at radius 1 is 0.815 bits per heavy atom. The number of rotatable bonds is 6. The molecule has 0 amide bonds. The van der Waals surface area contributed by atoms with E-state index in [4.69, 9.17) is 9.15 Å². The summed E-state index contributed by atoms with van der Waals surface area (Å²) in [6.07, 6.45) is 0. The highest BCUT2D eigenvalue weighted by atomic mass is 31.1. The molecule has 136 valence electrons. The second-order valence-electron chi connectivity index (χ2n) is 6.24. The largest absolute Gasteiger partial charge is 0.340 e. The Hall–Kier alpha value is -2.65. The van der Waals surface area contributed by atoms with Gasteiger partial charge in [-0.1, -0.05) is 78.9 Å². The Morgan fingerprint density at radius 3 is 1.96 bits per heavy atom. The van der Waals surface area contributed by atoms with Crippen molar-refractivity contribution in [1.82, 2.24) is 0 Å². The molecule has 0 N–H and O–H groups in total. The van der Waals surface area contributed by atoms with Crippen LogP contribution in [0.2, 0.25) is 0 Å². The van der Waals surface area contributed by atoms with Crippen molar-refractivity contribution in [2.75, 3.05) is 12.2 Å². The third-order valence-electron chi connectivity index (χ3n) is 4.51. The van der Waals surface area contributed by atoms with Crippen molar-refractivity contribution in [3.63, 3.8) is 0 Å². The van der Waals surface area contributed by atoms with E-state index in [-0.39, 0.29) is 0 Å². The molecule has 0 heterocycles. The second kappa shape index (κ2) is 7.93. The summed E-state index contributed by atoms with van der Waals surface area (Å²) >= 11 is 0. The molecule has 0 aliphatic rings. The first-order chi connectivity index (χ1) is 13.3. The maximum Gasteiger partial charge on any atom is 0.340 e. The molecule has 0 saturated heterocycles. The lowest BCUT2D eigenvalue weighted by atomic mass is 10.0. The summed E-state index contributed by atoms with van der Waals surface area (Å²) < 4.78 is 22.9. The van der Waals surface area contributed by atoms with Gasteiger partial charge in [-0.2, -0.15) is 4.62 Å². The van der Waals surface area contributed by atoms with Gasteiger partial charge in [-0.15, -0.1) is 0 Å². The number of benzene rings is 4. The van der Waals surface area contributed by atoms with Gasteiger partial charge in [-0.05, 0) is 22.4 Å². The lowest BCUT2D eigenvalue weighted by Crippen LogP contribution is -2.21. The molecule has 1 atom stereocenters. The molecule has 4 nitrogen and oxygen atoms in total. The Balaban J connectivity index is 1.93. The molecule has 0 aliphatic heterocycles. The molecule has 0 saturated carbocycles. The van der Waals surface area contributed by atoms with Crippen molar-refractivity contribution in [2.45, 2.75) is 6.54 Å². The first-order valence-corrected chi connectivity index (χ1v) is 9.96. The monoisotopic (exact) mass is 377 g/mol. The zero-order valence-corrected chi connectivity index (χ0v) is 16.0. The fourth-order valence-corrected chi connectivity index (χ4v) is 3.70. The van der Waals surface area contributed by atoms with Crippen LogP contribution in [0.1, 0.15) is 5.56 Å². The molecule has 27 heavy (non-hydrogen) atoms. The lowest BCUT2D eigenvalue weighted by molar-refractivity contribution is 0.231. The maximum absolute atomic E-state index is 12.2. The average Bonchev–Trinajstić information content (AvgIpc) is 2.72. The van der Waals surface area contributed by atoms with Gasteiger partial charge >= 0.3 is 8.25 Å². The van der Waals surface area contributed by atoms with Crippen molar-refractivity contribution >= 4 is 35.5 Å². The molecule has 0 aliphatic carbocycles. The van der Waals surface area contributed by atoms with Crippen molar-refractivity contribution in [1.29, 1.82) is 0 Å². The minimum absolute atomic E-state index is 0.457. The minimum Gasteiger partial charge on any atom is -0.313 e. The van der Waals surface area contributed by atoms with Crippen LogP contribution in [0.3, 0.4) is 0 Å². The number of nitrogens with zero attached hydrogens (tertiary/aromatic N) is 1. The topological polar surface area (TPSA) is 38.8 Å². The van der Waals surface area contributed by atoms with Gasteiger partial charge in [-0.3, -0.25) is 4.57 Å². The van der Waals surface area contributed by atoms with Crippen LogP contribution in [-0.2, 0) is 20.3 Å². The van der Waals surface area contributed by atoms with E-state index >= 15 is 0 Å². The molecule has 0 bridgehead atoms. The van der Waals surface area contributed by atoms with Crippen molar-refractivity contribution < 1.29 is 13.7 Å². The normalized spacial score (nSPS) is 12.3. The van der Waals surface area contributed by atoms with E-state index < -0.39 is 8.25 Å². The molecule has 0 radical (unpaired) electrons. The third kappa shape index (κ3) is 3.74. The van der Waals surface area contributed by atoms with Crippen LogP contribution in [0.25, 0.3) is 21.5 Å². The van der Waals surface area contributed by atoms with E-state index in [2.05, 4.69) is 30.3 Å². The fourth-order valence-electron chi connectivity index (χ4n) is 3.29. The molecule has 5 heteroatoms. The van der Waals surface area contributed by atoms with E-state index in [9.17, 15) is 4.57 Å². The van der Waals surface area contributed by atoms with Gasteiger partial charge in [0.15, 0.2) is 0 Å². The van der Waals surface area contributed by atoms with Gasteiger partial charge in [0.05, 0.1) is 12.2 Å². The summed E-state index contributed by atoms with van der Waals surface area (Å²) in [5.41, 5.74) is 1.95. The fraction of sp³-hybridized carbons (Fsp3) is 0.0909. The van der Waals surface area contributed by atoms with Crippen LogP contribution in [0.4, 0.5) is 5.69 Å². The number of hydrogen-bond acceptors (Lipinski definition) is 4. The van der Waals surface area contributed by atoms with Crippen LogP contribution in [0.5, 0.6) is 0 Å². The van der Waals surface area contributed by atoms with Gasteiger partial charge in [0, 0.05) is 17.9 Å². The van der Waals surface area contributed by atoms with Gasteiger partial charge in [0.1, 0.15) is 0 Å². The second-order valence-corrected chi connectivity index (χ2v) is 7.33. The van der Waals surface area contributed by atoms with E-state index in [0.717, 1.165) is 32.8 Å². The van der Waals surface area contributed by atoms with Gasteiger partial charge in [0.25, 0.3) is 0 Å². The Bertz CT molecular complexity index is 1040. The zero-order valence-electron chi connectivity index (χ0n) is 15.0. The van der Waals surface area contributed by atoms with Crippen molar-refractivity contribution in [3.8, 4) is 0 Å². The predicted octanol–water partition coefficient (Wildman–Crippen LogP) is 5.97. The third-order valence-corrected chi connectivity index (χ3v) is 5.22. The van der Waals surface area contributed by atoms with E-state index in [1.165, 1.54) is 7.11 Å². The standard InChI is InChI=1S/C22H20NO3P/c1-25-27(24)26-23(16-17-9-3-2-4-10-17)22-20-13-7-5-11-18(20)15-19-12-6-8-14-21(19)22/h2-15,27H,16H2,1H3. The van der Waals surface area contributed by atoms with Crippen LogP contribution in [0, 0.1) is 0 Å². The number of anilines is 1. The summed E-state index contributed by atoms with van der Waals surface area (Å²) in [4.78, 5) is 0. The summed E-state index contributed by atoms with van der Waals surface area (Å²) in [5, 5.41) is 5.98. The first-order valence-electron chi connectivity index (χ1n) is 8.74. The predicted molar refractivity (Wildman–Crippen MR) is 111 cm³/mol.